The van der Waals surface area contributed by atoms with Gasteiger partial charge >= 0.3 is 5.97 Å². The number of aromatic carboxylic acids is 1. The van der Waals surface area contributed by atoms with Crippen LogP contribution in [-0.2, 0) is 14.8 Å². The van der Waals surface area contributed by atoms with Gasteiger partial charge in [-0.2, -0.15) is 4.31 Å². The zero-order valence-electron chi connectivity index (χ0n) is 11.3. The van der Waals surface area contributed by atoms with Crippen LogP contribution in [0.25, 0.3) is 0 Å². The third-order valence-electron chi connectivity index (χ3n) is 3.50. The van der Waals surface area contributed by atoms with Gasteiger partial charge in [0.15, 0.2) is 0 Å². The van der Waals surface area contributed by atoms with E-state index in [4.69, 9.17) is 14.3 Å². The number of rotatable bonds is 4. The van der Waals surface area contributed by atoms with Crippen molar-refractivity contribution in [3.8, 4) is 0 Å². The Bertz CT molecular complexity index is 607. The van der Waals surface area contributed by atoms with E-state index in [-0.39, 0.29) is 11.6 Å². The lowest BCUT2D eigenvalue weighted by atomic mass is 9.96. The monoisotopic (exact) mass is 303 g/mol. The normalized spacial score (nSPS) is 24.7. The summed E-state index contributed by atoms with van der Waals surface area (Å²) in [6.07, 6.45) is 1.45. The molecule has 7 nitrogen and oxygen atoms in total. The van der Waals surface area contributed by atoms with Crippen molar-refractivity contribution >= 4 is 16.0 Å². The first-order valence-electron chi connectivity index (χ1n) is 6.17. The Morgan fingerprint density at radius 1 is 1.50 bits per heavy atom. The highest BCUT2D eigenvalue weighted by Crippen LogP contribution is 2.28. The summed E-state index contributed by atoms with van der Waals surface area (Å²) in [4.78, 5) is 10.7. The molecule has 0 spiro atoms. The van der Waals surface area contributed by atoms with E-state index in [0.29, 0.717) is 13.0 Å². The average molecular weight is 303 g/mol. The van der Waals surface area contributed by atoms with Crippen molar-refractivity contribution in [3.63, 3.8) is 0 Å². The number of nitrogens with zero attached hydrogens (tertiary/aromatic N) is 1. The van der Waals surface area contributed by atoms with Crippen LogP contribution < -0.4 is 0 Å². The molecule has 1 N–H and O–H groups in total. The van der Waals surface area contributed by atoms with Crippen molar-refractivity contribution in [1.82, 2.24) is 4.31 Å². The van der Waals surface area contributed by atoms with Gasteiger partial charge in [0, 0.05) is 20.2 Å². The van der Waals surface area contributed by atoms with E-state index in [1.54, 1.807) is 7.11 Å². The zero-order valence-corrected chi connectivity index (χ0v) is 12.1. The van der Waals surface area contributed by atoms with Crippen LogP contribution in [0, 0.1) is 0 Å². The molecule has 0 aliphatic carbocycles. The molecule has 8 heteroatoms. The number of hydrogen-bond donors (Lipinski definition) is 1. The molecule has 112 valence electrons. The van der Waals surface area contributed by atoms with Crippen LogP contribution in [0.1, 0.15) is 30.3 Å². The predicted molar refractivity (Wildman–Crippen MR) is 69.1 cm³/mol. The highest BCUT2D eigenvalue weighted by Gasteiger charge is 2.38. The van der Waals surface area contributed by atoms with E-state index in [0.717, 1.165) is 18.6 Å². The predicted octanol–water partition coefficient (Wildman–Crippen LogP) is 1.17. The molecule has 0 saturated carbocycles. The highest BCUT2D eigenvalue weighted by atomic mass is 32.2. The fourth-order valence-electron chi connectivity index (χ4n) is 2.23. The van der Waals surface area contributed by atoms with Gasteiger partial charge in [-0.1, -0.05) is 0 Å². The molecule has 2 rings (SSSR count). The first kappa shape index (κ1) is 15.0. The first-order valence-corrected chi connectivity index (χ1v) is 7.61. The van der Waals surface area contributed by atoms with Gasteiger partial charge in [0.1, 0.15) is 0 Å². The van der Waals surface area contributed by atoms with Crippen molar-refractivity contribution in [2.24, 2.45) is 0 Å². The van der Waals surface area contributed by atoms with E-state index in [1.807, 2.05) is 6.92 Å². The minimum Gasteiger partial charge on any atom is -0.475 e. The number of carboxylic acid groups (broad SMARTS) is 1. The van der Waals surface area contributed by atoms with E-state index < -0.39 is 27.4 Å². The third-order valence-corrected chi connectivity index (χ3v) is 5.22. The van der Waals surface area contributed by atoms with Crippen molar-refractivity contribution in [1.29, 1.82) is 0 Å². The molecule has 0 amide bonds. The topological polar surface area (TPSA) is 97.0 Å². The van der Waals surface area contributed by atoms with Gasteiger partial charge in [-0.05, 0) is 31.9 Å². The molecule has 0 radical (unpaired) electrons. The Labute approximate surface area is 117 Å². The van der Waals surface area contributed by atoms with Gasteiger partial charge in [-0.25, -0.2) is 13.2 Å². The van der Waals surface area contributed by atoms with Crippen LogP contribution in [0.15, 0.2) is 21.6 Å². The molecule has 20 heavy (non-hydrogen) atoms. The Morgan fingerprint density at radius 3 is 2.75 bits per heavy atom. The quantitative estimate of drug-likeness (QED) is 0.896. The number of carbonyl (C=O) groups is 1. The number of ether oxygens (including phenoxy) is 1. The largest absolute Gasteiger partial charge is 0.475 e. The first-order chi connectivity index (χ1) is 9.28. The molecule has 1 aliphatic rings. The summed E-state index contributed by atoms with van der Waals surface area (Å²) in [5.41, 5.74) is -0.534. The molecule has 1 atom stereocenters. The second kappa shape index (κ2) is 5.19. The number of hydrogen-bond acceptors (Lipinski definition) is 5. The Morgan fingerprint density at radius 2 is 2.20 bits per heavy atom. The van der Waals surface area contributed by atoms with Gasteiger partial charge in [0.05, 0.1) is 5.60 Å². The number of furan rings is 1. The summed E-state index contributed by atoms with van der Waals surface area (Å²) >= 11 is 0. The average Bonchev–Trinajstić information content (AvgIpc) is 2.89. The lowest BCUT2D eigenvalue weighted by molar-refractivity contribution is -0.0321. The molecular weight excluding hydrogens is 286 g/mol. The minimum atomic E-state index is -3.83. The van der Waals surface area contributed by atoms with Crippen molar-refractivity contribution < 1.29 is 27.5 Å². The highest BCUT2D eigenvalue weighted by molar-refractivity contribution is 7.89. The maximum Gasteiger partial charge on any atom is 0.371 e. The molecular formula is C12H17NO6S. The summed E-state index contributed by atoms with van der Waals surface area (Å²) < 4.78 is 36.3. The molecule has 2 heterocycles. The molecule has 0 bridgehead atoms. The van der Waals surface area contributed by atoms with Crippen molar-refractivity contribution in [2.45, 2.75) is 30.5 Å². The second-order valence-electron chi connectivity index (χ2n) is 5.02. The summed E-state index contributed by atoms with van der Waals surface area (Å²) in [5, 5.41) is 8.42. The fourth-order valence-corrected chi connectivity index (χ4v) is 3.74. The Balaban J connectivity index is 2.27. The summed E-state index contributed by atoms with van der Waals surface area (Å²) in [6, 6.07) is 2.30. The lowest BCUT2D eigenvalue weighted by Gasteiger charge is -2.38. The van der Waals surface area contributed by atoms with Crippen LogP contribution in [0.4, 0.5) is 0 Å². The van der Waals surface area contributed by atoms with Gasteiger partial charge in [0.25, 0.3) is 10.0 Å². The van der Waals surface area contributed by atoms with Gasteiger partial charge < -0.3 is 14.3 Å². The third kappa shape index (κ3) is 2.72. The Hall–Kier alpha value is -1.38. The summed E-state index contributed by atoms with van der Waals surface area (Å²) in [6.45, 7) is 2.43. The van der Waals surface area contributed by atoms with E-state index >= 15 is 0 Å². The number of carboxylic acids is 1. The van der Waals surface area contributed by atoms with Gasteiger partial charge in [-0.15, -0.1) is 0 Å². The fraction of sp³-hybridized carbons (Fsp3) is 0.583. The summed E-state index contributed by atoms with van der Waals surface area (Å²) in [7, 11) is -2.29. The van der Waals surface area contributed by atoms with Gasteiger partial charge in [-0.3, -0.25) is 0 Å². The smallest absolute Gasteiger partial charge is 0.371 e. The standard InChI is InChI=1S/C12H17NO6S/c1-12(18-2)6-3-7-13(8-12)20(16,17)10-5-4-9(19-10)11(14)15/h4-5H,3,6-8H2,1-2H3,(H,14,15). The summed E-state index contributed by atoms with van der Waals surface area (Å²) in [5.74, 6) is -1.69. The second-order valence-corrected chi connectivity index (χ2v) is 6.89. The molecule has 1 aliphatic heterocycles. The number of sulfonamides is 1. The van der Waals surface area contributed by atoms with Gasteiger partial charge in [0.2, 0.25) is 10.9 Å². The van der Waals surface area contributed by atoms with Crippen LogP contribution in [0.3, 0.4) is 0 Å². The molecule has 1 saturated heterocycles. The number of methoxy groups -OCH3 is 1. The SMILES string of the molecule is COC1(C)CCCN(S(=O)(=O)c2ccc(C(=O)O)o2)C1. The van der Waals surface area contributed by atoms with Crippen molar-refractivity contribution in [3.05, 3.63) is 17.9 Å². The lowest BCUT2D eigenvalue weighted by Crippen LogP contribution is -2.49. The van der Waals surface area contributed by atoms with E-state index in [2.05, 4.69) is 0 Å². The molecule has 1 aromatic heterocycles. The van der Waals surface area contributed by atoms with Crippen LogP contribution in [0.2, 0.25) is 0 Å². The molecule has 1 unspecified atom stereocenters. The zero-order chi connectivity index (χ0) is 15.0. The molecule has 0 aromatic carbocycles. The van der Waals surface area contributed by atoms with E-state index in [1.165, 1.54) is 4.31 Å². The maximum absolute atomic E-state index is 12.4. The van der Waals surface area contributed by atoms with Crippen LogP contribution in [-0.4, -0.2) is 49.6 Å². The van der Waals surface area contributed by atoms with Crippen LogP contribution >= 0.6 is 0 Å². The van der Waals surface area contributed by atoms with Crippen LogP contribution in [0.5, 0.6) is 0 Å². The van der Waals surface area contributed by atoms with E-state index in [9.17, 15) is 13.2 Å². The van der Waals surface area contributed by atoms with Crippen molar-refractivity contribution in [2.75, 3.05) is 20.2 Å². The number of piperidine rings is 1. The maximum atomic E-state index is 12.4. The molecule has 1 aromatic rings. The molecule has 1 fully saturated rings. The Kier molecular flexibility index (Phi) is 3.90. The minimum absolute atomic E-state index is 0.217.